The largest absolute Gasteiger partial charge is 0.493 e. The summed E-state index contributed by atoms with van der Waals surface area (Å²) in [4.78, 5) is 0. The van der Waals surface area contributed by atoms with E-state index >= 15 is 0 Å². The van der Waals surface area contributed by atoms with Crippen LogP contribution in [0.5, 0.6) is 5.75 Å². The smallest absolute Gasteiger partial charge is 0.125 e. The Morgan fingerprint density at radius 1 is 1.47 bits per heavy atom. The maximum absolute atomic E-state index is 5.78. The van der Waals surface area contributed by atoms with Crippen molar-refractivity contribution >= 4 is 15.9 Å². The van der Waals surface area contributed by atoms with Gasteiger partial charge in [-0.25, -0.2) is 0 Å². The highest BCUT2D eigenvalue weighted by Gasteiger charge is 2.19. The van der Waals surface area contributed by atoms with E-state index in [1.165, 1.54) is 11.1 Å². The van der Waals surface area contributed by atoms with Crippen LogP contribution >= 0.6 is 15.9 Å². The molecule has 1 aliphatic heterocycles. The predicted octanol–water partition coefficient (Wildman–Crippen LogP) is 2.94. The van der Waals surface area contributed by atoms with E-state index in [2.05, 4.69) is 33.4 Å². The van der Waals surface area contributed by atoms with Gasteiger partial charge in [0.1, 0.15) is 5.75 Å². The van der Waals surface area contributed by atoms with Gasteiger partial charge in [0.15, 0.2) is 0 Å². The summed E-state index contributed by atoms with van der Waals surface area (Å²) in [6.07, 6.45) is 3.02. The van der Waals surface area contributed by atoms with Gasteiger partial charge in [-0.3, -0.25) is 0 Å². The molecule has 0 radical (unpaired) electrons. The van der Waals surface area contributed by atoms with E-state index in [1.54, 1.807) is 0 Å². The van der Waals surface area contributed by atoms with Gasteiger partial charge in [-0.05, 0) is 50.1 Å². The van der Waals surface area contributed by atoms with Gasteiger partial charge >= 0.3 is 0 Å². The van der Waals surface area contributed by atoms with Crippen molar-refractivity contribution in [2.75, 3.05) is 26.9 Å². The van der Waals surface area contributed by atoms with E-state index in [-0.39, 0.29) is 0 Å². The minimum absolute atomic E-state index is 0.425. The highest BCUT2D eigenvalue weighted by Crippen LogP contribution is 2.33. The third-order valence-corrected chi connectivity index (χ3v) is 3.97. The summed E-state index contributed by atoms with van der Waals surface area (Å²) in [5.74, 6) is 1.10. The molecule has 19 heavy (non-hydrogen) atoms. The first-order valence-corrected chi connectivity index (χ1v) is 7.73. The molecule has 0 amide bonds. The Hall–Kier alpha value is -0.580. The molecular formula is C15H22BrNO2. The molecule has 3 nitrogen and oxygen atoms in total. The quantitative estimate of drug-likeness (QED) is 0.781. The molecule has 1 N–H and O–H groups in total. The highest BCUT2D eigenvalue weighted by molar-refractivity contribution is 9.10. The van der Waals surface area contributed by atoms with Gasteiger partial charge in [0, 0.05) is 30.1 Å². The summed E-state index contributed by atoms with van der Waals surface area (Å²) >= 11 is 3.59. The Morgan fingerprint density at radius 2 is 2.32 bits per heavy atom. The second-order valence-corrected chi connectivity index (χ2v) is 5.74. The van der Waals surface area contributed by atoms with Crippen molar-refractivity contribution in [1.29, 1.82) is 0 Å². The van der Waals surface area contributed by atoms with Crippen LogP contribution in [-0.4, -0.2) is 32.9 Å². The zero-order valence-electron chi connectivity index (χ0n) is 11.7. The van der Waals surface area contributed by atoms with Gasteiger partial charge in [-0.1, -0.05) is 15.9 Å². The summed E-state index contributed by atoms with van der Waals surface area (Å²) in [7, 11) is 2.01. The lowest BCUT2D eigenvalue weighted by molar-refractivity contribution is 0.137. The fourth-order valence-electron chi connectivity index (χ4n) is 2.48. The lowest BCUT2D eigenvalue weighted by atomic mass is 10.00. The lowest BCUT2D eigenvalue weighted by Crippen LogP contribution is -2.29. The van der Waals surface area contributed by atoms with Crippen LogP contribution in [0.15, 0.2) is 16.6 Å². The number of nitrogens with one attached hydrogen (secondary N) is 1. The number of benzene rings is 1. The molecule has 1 aromatic rings. The Morgan fingerprint density at radius 3 is 3.05 bits per heavy atom. The molecule has 0 fully saturated rings. The van der Waals surface area contributed by atoms with Crippen molar-refractivity contribution in [2.24, 2.45) is 0 Å². The number of hydrogen-bond acceptors (Lipinski definition) is 3. The van der Waals surface area contributed by atoms with Crippen LogP contribution in [0.1, 0.15) is 24.5 Å². The monoisotopic (exact) mass is 327 g/mol. The van der Waals surface area contributed by atoms with Gasteiger partial charge in [-0.15, -0.1) is 0 Å². The Bertz CT molecular complexity index is 423. The zero-order valence-corrected chi connectivity index (χ0v) is 13.3. The highest BCUT2D eigenvalue weighted by atomic mass is 79.9. The molecule has 1 aromatic carbocycles. The molecule has 0 spiro atoms. The van der Waals surface area contributed by atoms with Gasteiger partial charge in [0.25, 0.3) is 0 Å². The summed E-state index contributed by atoms with van der Waals surface area (Å²) < 4.78 is 12.4. The lowest BCUT2D eigenvalue weighted by Gasteiger charge is -2.18. The van der Waals surface area contributed by atoms with E-state index < -0.39 is 0 Å². The minimum atomic E-state index is 0.425. The molecular weight excluding hydrogens is 306 g/mol. The summed E-state index contributed by atoms with van der Waals surface area (Å²) in [5, 5.41) is 3.37. The van der Waals surface area contributed by atoms with Crippen molar-refractivity contribution in [3.8, 4) is 5.75 Å². The fourth-order valence-corrected chi connectivity index (χ4v) is 3.03. The number of halogens is 1. The topological polar surface area (TPSA) is 30.5 Å². The molecule has 1 unspecified atom stereocenters. The van der Waals surface area contributed by atoms with Crippen LogP contribution < -0.4 is 10.1 Å². The number of rotatable bonds is 7. The van der Waals surface area contributed by atoms with Crippen LogP contribution in [0, 0.1) is 0 Å². The first-order valence-electron chi connectivity index (χ1n) is 6.93. The van der Waals surface area contributed by atoms with Crippen LogP contribution in [0.2, 0.25) is 0 Å². The maximum Gasteiger partial charge on any atom is 0.125 e. The van der Waals surface area contributed by atoms with E-state index in [0.29, 0.717) is 6.04 Å². The van der Waals surface area contributed by atoms with Crippen LogP contribution in [0.3, 0.4) is 0 Å². The van der Waals surface area contributed by atoms with E-state index in [0.717, 1.165) is 49.3 Å². The summed E-state index contributed by atoms with van der Waals surface area (Å²) in [6.45, 7) is 4.43. The number of likely N-dealkylation sites (N-methyl/N-ethyl adjacent to an activating group) is 1. The SMILES string of the molecule is CCOCCC(Cc1cc(Br)cc2c1OCC2)NC. The number of fused-ring (bicyclic) bond motifs is 1. The third-order valence-electron chi connectivity index (χ3n) is 3.51. The number of hydrogen-bond donors (Lipinski definition) is 1. The van der Waals surface area contributed by atoms with Crippen molar-refractivity contribution in [1.82, 2.24) is 5.32 Å². The second kappa shape index (κ2) is 7.27. The third kappa shape index (κ3) is 3.94. The molecule has 1 aliphatic rings. The van der Waals surface area contributed by atoms with Crippen molar-refractivity contribution in [3.63, 3.8) is 0 Å². The molecule has 0 bridgehead atoms. The van der Waals surface area contributed by atoms with Crippen LogP contribution in [-0.2, 0) is 17.6 Å². The number of ether oxygens (including phenoxy) is 2. The summed E-state index contributed by atoms with van der Waals surface area (Å²) in [6, 6.07) is 4.77. The van der Waals surface area contributed by atoms with Gasteiger partial charge in [0.2, 0.25) is 0 Å². The van der Waals surface area contributed by atoms with Crippen molar-refractivity contribution < 1.29 is 9.47 Å². The molecule has 2 rings (SSSR count). The minimum Gasteiger partial charge on any atom is -0.493 e. The average Bonchev–Trinajstić information content (AvgIpc) is 2.85. The molecule has 0 saturated heterocycles. The van der Waals surface area contributed by atoms with Crippen molar-refractivity contribution in [2.45, 2.75) is 32.2 Å². The standard InChI is InChI=1S/C15H22BrNO2/c1-3-18-6-5-14(17-2)10-12-9-13(16)8-11-4-7-19-15(11)12/h8-9,14,17H,3-7,10H2,1-2H3. The predicted molar refractivity (Wildman–Crippen MR) is 81.0 cm³/mol. The Kier molecular flexibility index (Phi) is 5.67. The van der Waals surface area contributed by atoms with E-state index in [1.807, 2.05) is 14.0 Å². The van der Waals surface area contributed by atoms with Crippen molar-refractivity contribution in [3.05, 3.63) is 27.7 Å². The molecule has 1 atom stereocenters. The Labute approximate surface area is 123 Å². The second-order valence-electron chi connectivity index (χ2n) is 4.83. The maximum atomic E-state index is 5.78. The summed E-state index contributed by atoms with van der Waals surface area (Å²) in [5.41, 5.74) is 2.61. The normalized spacial score (nSPS) is 15.1. The Balaban J connectivity index is 2.05. The van der Waals surface area contributed by atoms with Gasteiger partial charge in [-0.2, -0.15) is 0 Å². The van der Waals surface area contributed by atoms with E-state index in [4.69, 9.17) is 9.47 Å². The molecule has 0 aliphatic carbocycles. The van der Waals surface area contributed by atoms with Gasteiger partial charge < -0.3 is 14.8 Å². The van der Waals surface area contributed by atoms with E-state index in [9.17, 15) is 0 Å². The first-order chi connectivity index (χ1) is 9.24. The average molecular weight is 328 g/mol. The molecule has 0 saturated carbocycles. The molecule has 4 heteroatoms. The fraction of sp³-hybridized carbons (Fsp3) is 0.600. The zero-order chi connectivity index (χ0) is 13.7. The first kappa shape index (κ1) is 14.8. The molecule has 0 aromatic heterocycles. The van der Waals surface area contributed by atoms with Crippen LogP contribution in [0.4, 0.5) is 0 Å². The molecule has 106 valence electrons. The van der Waals surface area contributed by atoms with Gasteiger partial charge in [0.05, 0.1) is 6.61 Å². The van der Waals surface area contributed by atoms with Crippen LogP contribution in [0.25, 0.3) is 0 Å². The molecule has 1 heterocycles.